The van der Waals surface area contributed by atoms with Crippen molar-refractivity contribution < 1.29 is 23.4 Å². The highest BCUT2D eigenvalue weighted by atomic mass is 32.2. The molecule has 0 aromatic rings. The number of aliphatic hydroxyl groups excluding tert-OH is 1. The fourth-order valence-electron chi connectivity index (χ4n) is 2.30. The van der Waals surface area contributed by atoms with Gasteiger partial charge in [0, 0.05) is 19.1 Å². The number of rotatable bonds is 3. The van der Waals surface area contributed by atoms with Crippen molar-refractivity contribution in [2.24, 2.45) is 0 Å². The minimum absolute atomic E-state index is 0.0199. The molecular weight excluding hydrogens is 222 g/mol. The van der Waals surface area contributed by atoms with Crippen LogP contribution in [0.3, 0.4) is 0 Å². The summed E-state index contributed by atoms with van der Waals surface area (Å²) in [7, 11) is -2.95. The van der Waals surface area contributed by atoms with Gasteiger partial charge in [0.05, 0.1) is 11.0 Å². The quantitative estimate of drug-likeness (QED) is 0.605. The van der Waals surface area contributed by atoms with Crippen LogP contribution in [-0.2, 0) is 14.6 Å². The molecule has 2 aliphatic rings. The number of nitrogens with zero attached hydrogens (tertiary/aromatic N) is 1. The summed E-state index contributed by atoms with van der Waals surface area (Å²) in [6.07, 6.45) is -0.846. The first-order chi connectivity index (χ1) is 6.90. The summed E-state index contributed by atoms with van der Waals surface area (Å²) in [5.41, 5.74) is 0. The maximum atomic E-state index is 11.4. The highest BCUT2D eigenvalue weighted by Crippen LogP contribution is 2.32. The second-order valence-corrected chi connectivity index (χ2v) is 6.47. The van der Waals surface area contributed by atoms with Crippen LogP contribution >= 0.6 is 0 Å². The molecule has 2 fully saturated rings. The smallest absolute Gasteiger partial charge is 0.333 e. The number of β-amino-alcohol motifs (C(OH)–C–C–N with tert-alkyl or cyclic N) is 1. The fourth-order valence-corrected chi connectivity index (χ4v) is 4.39. The second-order valence-electron chi connectivity index (χ2n) is 4.15. The predicted molar refractivity (Wildman–Crippen MR) is 51.2 cm³/mol. The van der Waals surface area contributed by atoms with Crippen LogP contribution in [0.25, 0.3) is 0 Å². The topological polar surface area (TPSA) is 94.9 Å². The first-order valence-corrected chi connectivity index (χ1v) is 6.48. The highest BCUT2D eigenvalue weighted by molar-refractivity contribution is 7.92. The number of aliphatic hydroxyl groups is 1. The van der Waals surface area contributed by atoms with Gasteiger partial charge in [-0.1, -0.05) is 0 Å². The first kappa shape index (κ1) is 10.8. The van der Waals surface area contributed by atoms with Crippen LogP contribution in [0, 0.1) is 0 Å². The van der Waals surface area contributed by atoms with Gasteiger partial charge in [-0.05, 0) is 6.42 Å². The van der Waals surface area contributed by atoms with Crippen molar-refractivity contribution in [3.63, 3.8) is 0 Å². The van der Waals surface area contributed by atoms with Crippen molar-refractivity contribution in [3.8, 4) is 0 Å². The molecule has 86 valence electrons. The lowest BCUT2D eigenvalue weighted by molar-refractivity contribution is -0.147. The molecule has 0 aromatic carbocycles. The van der Waals surface area contributed by atoms with Crippen LogP contribution in [-0.4, -0.2) is 65.7 Å². The van der Waals surface area contributed by atoms with Crippen LogP contribution in [0.5, 0.6) is 0 Å². The Kier molecular flexibility index (Phi) is 2.48. The molecule has 0 amide bonds. The number of carbonyl (C=O) groups is 1. The molecule has 2 aliphatic heterocycles. The summed E-state index contributed by atoms with van der Waals surface area (Å²) in [5.74, 6) is -1.16. The van der Waals surface area contributed by atoms with E-state index in [0.717, 1.165) is 0 Å². The van der Waals surface area contributed by atoms with Crippen molar-refractivity contribution >= 4 is 15.8 Å². The molecule has 2 rings (SSSR count). The maximum Gasteiger partial charge on any atom is 0.333 e. The minimum Gasteiger partial charge on any atom is -0.479 e. The van der Waals surface area contributed by atoms with Gasteiger partial charge in [0.2, 0.25) is 0 Å². The summed E-state index contributed by atoms with van der Waals surface area (Å²) in [6, 6.07) is -0.103. The van der Waals surface area contributed by atoms with Crippen molar-refractivity contribution in [3.05, 3.63) is 0 Å². The van der Waals surface area contributed by atoms with Crippen molar-refractivity contribution in [2.75, 3.05) is 18.8 Å². The monoisotopic (exact) mass is 235 g/mol. The average Bonchev–Trinajstić information content (AvgIpc) is 2.59. The largest absolute Gasteiger partial charge is 0.479 e. The number of sulfone groups is 1. The number of fused-ring (bicyclic) bond motifs is 2. The lowest BCUT2D eigenvalue weighted by atomic mass is 10.2. The van der Waals surface area contributed by atoms with E-state index in [1.54, 1.807) is 4.90 Å². The molecule has 0 radical (unpaired) electrons. The number of likely N-dealkylation sites (tertiary alicyclic amines) is 1. The normalized spacial score (nSPS) is 35.5. The molecule has 2 saturated heterocycles. The SMILES string of the molecule is O=C(O)C(O)CN1CC2CC1CS2(=O)=O. The van der Waals surface area contributed by atoms with E-state index in [9.17, 15) is 13.2 Å². The zero-order valence-corrected chi connectivity index (χ0v) is 8.85. The Labute approximate surface area is 87.4 Å². The summed E-state index contributed by atoms with van der Waals surface area (Å²) in [5, 5.41) is 17.3. The minimum atomic E-state index is -2.95. The van der Waals surface area contributed by atoms with E-state index in [1.807, 2.05) is 0 Å². The molecule has 0 aliphatic carbocycles. The number of hydrogen-bond donors (Lipinski definition) is 2. The Morgan fingerprint density at radius 2 is 2.20 bits per heavy atom. The van der Waals surface area contributed by atoms with Gasteiger partial charge in [-0.3, -0.25) is 4.90 Å². The van der Waals surface area contributed by atoms with E-state index in [1.165, 1.54) is 0 Å². The van der Waals surface area contributed by atoms with Crippen LogP contribution in [0.15, 0.2) is 0 Å². The highest BCUT2D eigenvalue weighted by Gasteiger charge is 2.48. The average molecular weight is 235 g/mol. The predicted octanol–water partition coefficient (Wildman–Crippen LogP) is -1.70. The molecule has 0 spiro atoms. The van der Waals surface area contributed by atoms with E-state index in [2.05, 4.69) is 0 Å². The third-order valence-electron chi connectivity index (χ3n) is 3.11. The Morgan fingerprint density at radius 1 is 1.53 bits per heavy atom. The van der Waals surface area contributed by atoms with Gasteiger partial charge in [-0.2, -0.15) is 0 Å². The second kappa shape index (κ2) is 3.43. The molecule has 2 bridgehead atoms. The van der Waals surface area contributed by atoms with Crippen molar-refractivity contribution in [1.82, 2.24) is 4.90 Å². The van der Waals surface area contributed by atoms with Gasteiger partial charge in [0.1, 0.15) is 0 Å². The fraction of sp³-hybridized carbons (Fsp3) is 0.875. The van der Waals surface area contributed by atoms with Crippen LogP contribution in [0.4, 0.5) is 0 Å². The van der Waals surface area contributed by atoms with E-state index in [-0.39, 0.29) is 23.6 Å². The van der Waals surface area contributed by atoms with Crippen LogP contribution < -0.4 is 0 Å². The number of carboxylic acid groups (broad SMARTS) is 1. The third-order valence-corrected chi connectivity index (χ3v) is 5.32. The molecule has 7 heteroatoms. The van der Waals surface area contributed by atoms with Crippen LogP contribution in [0.1, 0.15) is 6.42 Å². The lowest BCUT2D eigenvalue weighted by Crippen LogP contribution is -2.45. The summed E-state index contributed by atoms with van der Waals surface area (Å²) in [6.45, 7) is 0.378. The van der Waals surface area contributed by atoms with Crippen molar-refractivity contribution in [2.45, 2.75) is 23.8 Å². The van der Waals surface area contributed by atoms with Gasteiger partial charge in [-0.15, -0.1) is 0 Å². The summed E-state index contributed by atoms with van der Waals surface area (Å²) >= 11 is 0. The number of carboxylic acids is 1. The van der Waals surface area contributed by atoms with E-state index >= 15 is 0 Å². The molecule has 15 heavy (non-hydrogen) atoms. The molecule has 3 atom stereocenters. The third kappa shape index (κ3) is 1.86. The zero-order valence-electron chi connectivity index (χ0n) is 8.04. The Bertz CT molecular complexity index is 378. The number of hydrogen-bond acceptors (Lipinski definition) is 5. The first-order valence-electron chi connectivity index (χ1n) is 4.76. The molecule has 0 saturated carbocycles. The summed E-state index contributed by atoms with van der Waals surface area (Å²) < 4.78 is 22.8. The zero-order chi connectivity index (χ0) is 11.2. The Hall–Kier alpha value is -0.660. The lowest BCUT2D eigenvalue weighted by Gasteiger charge is -2.27. The number of aliphatic carboxylic acids is 1. The molecule has 0 aromatic heterocycles. The van der Waals surface area contributed by atoms with Gasteiger partial charge < -0.3 is 10.2 Å². The van der Waals surface area contributed by atoms with Gasteiger partial charge in [-0.25, -0.2) is 13.2 Å². The molecule has 2 heterocycles. The van der Waals surface area contributed by atoms with E-state index in [4.69, 9.17) is 10.2 Å². The van der Waals surface area contributed by atoms with E-state index < -0.39 is 21.9 Å². The standard InChI is InChI=1S/C8H13NO5S/c10-7(8(11)12)3-9-2-6-1-5(9)4-15(6,13)14/h5-7,10H,1-4H2,(H,11,12). The van der Waals surface area contributed by atoms with Gasteiger partial charge in [0.15, 0.2) is 15.9 Å². The molecule has 3 unspecified atom stereocenters. The maximum absolute atomic E-state index is 11.4. The van der Waals surface area contributed by atoms with Gasteiger partial charge in [0.25, 0.3) is 0 Å². The Balaban J connectivity index is 1.98. The molecule has 2 N–H and O–H groups in total. The van der Waals surface area contributed by atoms with Crippen molar-refractivity contribution in [1.29, 1.82) is 0 Å². The Morgan fingerprint density at radius 3 is 2.60 bits per heavy atom. The van der Waals surface area contributed by atoms with Gasteiger partial charge >= 0.3 is 5.97 Å². The van der Waals surface area contributed by atoms with E-state index in [0.29, 0.717) is 13.0 Å². The molecule has 6 nitrogen and oxygen atoms in total. The summed E-state index contributed by atoms with van der Waals surface area (Å²) in [4.78, 5) is 12.2. The van der Waals surface area contributed by atoms with Crippen LogP contribution in [0.2, 0.25) is 0 Å². The molecular formula is C8H13NO5S.